The molecule has 0 radical (unpaired) electrons. The van der Waals surface area contributed by atoms with Gasteiger partial charge in [0.2, 0.25) is 0 Å². The second kappa shape index (κ2) is 5.59. The molecule has 0 saturated carbocycles. The van der Waals surface area contributed by atoms with Crippen molar-refractivity contribution in [3.63, 3.8) is 0 Å². The van der Waals surface area contributed by atoms with Gasteiger partial charge < -0.3 is 10.5 Å². The van der Waals surface area contributed by atoms with Gasteiger partial charge in [-0.15, -0.1) is 0 Å². The van der Waals surface area contributed by atoms with Gasteiger partial charge in [-0.3, -0.25) is 0 Å². The third-order valence-corrected chi connectivity index (χ3v) is 3.07. The quantitative estimate of drug-likeness (QED) is 0.891. The molecule has 0 saturated heterocycles. The SMILES string of the molecule is Cc1cc(Cl)ccc1Oc1ccc(C(C)N)cc1F. The molecule has 100 valence electrons. The Kier molecular flexibility index (Phi) is 4.08. The third-order valence-electron chi connectivity index (χ3n) is 2.84. The van der Waals surface area contributed by atoms with Gasteiger partial charge >= 0.3 is 0 Å². The van der Waals surface area contributed by atoms with Crippen molar-refractivity contribution in [2.75, 3.05) is 0 Å². The molecule has 0 aliphatic rings. The Morgan fingerprint density at radius 1 is 1.16 bits per heavy atom. The van der Waals surface area contributed by atoms with Crippen LogP contribution in [0.2, 0.25) is 5.02 Å². The van der Waals surface area contributed by atoms with Gasteiger partial charge in [-0.05, 0) is 55.3 Å². The fourth-order valence-corrected chi connectivity index (χ4v) is 1.96. The summed E-state index contributed by atoms with van der Waals surface area (Å²) in [4.78, 5) is 0. The van der Waals surface area contributed by atoms with Crippen molar-refractivity contribution >= 4 is 11.6 Å². The highest BCUT2D eigenvalue weighted by molar-refractivity contribution is 6.30. The standard InChI is InChI=1S/C15H15ClFNO/c1-9-7-12(16)4-6-14(9)19-15-5-3-11(10(2)18)8-13(15)17/h3-8,10H,18H2,1-2H3. The van der Waals surface area contributed by atoms with E-state index in [1.165, 1.54) is 6.07 Å². The Hall–Kier alpha value is -1.58. The molecule has 2 rings (SSSR count). The average molecular weight is 280 g/mol. The van der Waals surface area contributed by atoms with Crippen LogP contribution in [0.4, 0.5) is 4.39 Å². The van der Waals surface area contributed by atoms with E-state index in [0.29, 0.717) is 10.8 Å². The molecule has 0 amide bonds. The van der Waals surface area contributed by atoms with Gasteiger partial charge in [-0.1, -0.05) is 17.7 Å². The van der Waals surface area contributed by atoms with E-state index in [9.17, 15) is 4.39 Å². The lowest BCUT2D eigenvalue weighted by Crippen LogP contribution is -2.05. The number of hydrogen-bond acceptors (Lipinski definition) is 2. The maximum atomic E-state index is 13.9. The van der Waals surface area contributed by atoms with Gasteiger partial charge in [0.25, 0.3) is 0 Å². The fraction of sp³-hybridized carbons (Fsp3) is 0.200. The lowest BCUT2D eigenvalue weighted by Gasteiger charge is -2.12. The zero-order chi connectivity index (χ0) is 14.0. The Labute approximate surface area is 117 Å². The normalized spacial score (nSPS) is 12.3. The molecule has 2 aromatic rings. The van der Waals surface area contributed by atoms with Crippen LogP contribution in [0, 0.1) is 12.7 Å². The molecule has 0 spiro atoms. The van der Waals surface area contributed by atoms with Gasteiger partial charge in [0.1, 0.15) is 5.75 Å². The predicted octanol–water partition coefficient (Wildman–Crippen LogP) is 4.60. The van der Waals surface area contributed by atoms with Crippen LogP contribution in [0.1, 0.15) is 24.1 Å². The van der Waals surface area contributed by atoms with Gasteiger partial charge in [-0.25, -0.2) is 4.39 Å². The number of benzene rings is 2. The Morgan fingerprint density at radius 2 is 1.84 bits per heavy atom. The highest BCUT2D eigenvalue weighted by atomic mass is 35.5. The minimum Gasteiger partial charge on any atom is -0.454 e. The van der Waals surface area contributed by atoms with E-state index in [1.807, 2.05) is 6.92 Å². The first kappa shape index (κ1) is 13.8. The van der Waals surface area contributed by atoms with Crippen molar-refractivity contribution in [2.45, 2.75) is 19.9 Å². The number of halogens is 2. The molecule has 0 aliphatic carbocycles. The number of nitrogens with two attached hydrogens (primary N) is 1. The fourth-order valence-electron chi connectivity index (χ4n) is 1.73. The summed E-state index contributed by atoms with van der Waals surface area (Å²) in [6.45, 7) is 3.66. The van der Waals surface area contributed by atoms with Crippen molar-refractivity contribution in [3.05, 3.63) is 58.4 Å². The number of hydrogen-bond donors (Lipinski definition) is 1. The first-order valence-electron chi connectivity index (χ1n) is 5.96. The smallest absolute Gasteiger partial charge is 0.166 e. The lowest BCUT2D eigenvalue weighted by molar-refractivity contribution is 0.438. The summed E-state index contributed by atoms with van der Waals surface area (Å²) in [5, 5.41) is 0.623. The van der Waals surface area contributed by atoms with E-state index in [1.54, 1.807) is 37.3 Å². The summed E-state index contributed by atoms with van der Waals surface area (Å²) in [5.41, 5.74) is 7.29. The summed E-state index contributed by atoms with van der Waals surface area (Å²) in [6, 6.07) is 9.72. The van der Waals surface area contributed by atoms with E-state index in [2.05, 4.69) is 0 Å². The minimum atomic E-state index is -0.427. The molecular formula is C15H15ClFNO. The molecule has 0 fully saturated rings. The van der Waals surface area contributed by atoms with Crippen LogP contribution in [0.5, 0.6) is 11.5 Å². The predicted molar refractivity (Wildman–Crippen MR) is 75.3 cm³/mol. The maximum Gasteiger partial charge on any atom is 0.166 e. The van der Waals surface area contributed by atoms with Gasteiger partial charge in [-0.2, -0.15) is 0 Å². The van der Waals surface area contributed by atoms with Crippen molar-refractivity contribution in [1.29, 1.82) is 0 Å². The van der Waals surface area contributed by atoms with E-state index in [-0.39, 0.29) is 11.8 Å². The first-order chi connectivity index (χ1) is 8.97. The summed E-state index contributed by atoms with van der Waals surface area (Å²) >= 11 is 5.86. The molecule has 1 unspecified atom stereocenters. The molecular weight excluding hydrogens is 265 g/mol. The van der Waals surface area contributed by atoms with Crippen LogP contribution in [0.15, 0.2) is 36.4 Å². The van der Waals surface area contributed by atoms with Gasteiger partial charge in [0.05, 0.1) is 0 Å². The molecule has 0 aromatic heterocycles. The zero-order valence-electron chi connectivity index (χ0n) is 10.8. The zero-order valence-corrected chi connectivity index (χ0v) is 11.5. The van der Waals surface area contributed by atoms with Gasteiger partial charge in [0, 0.05) is 11.1 Å². The van der Waals surface area contributed by atoms with E-state index in [4.69, 9.17) is 22.1 Å². The average Bonchev–Trinajstić information content (AvgIpc) is 2.34. The van der Waals surface area contributed by atoms with Crippen molar-refractivity contribution in [2.24, 2.45) is 5.73 Å². The Bertz CT molecular complexity index is 599. The topological polar surface area (TPSA) is 35.2 Å². The molecule has 0 bridgehead atoms. The van der Waals surface area contributed by atoms with Crippen LogP contribution in [0.3, 0.4) is 0 Å². The van der Waals surface area contributed by atoms with E-state index in [0.717, 1.165) is 11.1 Å². The summed E-state index contributed by atoms with van der Waals surface area (Å²) < 4.78 is 19.5. The Balaban J connectivity index is 2.28. The van der Waals surface area contributed by atoms with E-state index >= 15 is 0 Å². The molecule has 4 heteroatoms. The molecule has 2 nitrogen and oxygen atoms in total. The highest BCUT2D eigenvalue weighted by Gasteiger charge is 2.09. The third kappa shape index (κ3) is 3.25. The number of aryl methyl sites for hydroxylation is 1. The van der Waals surface area contributed by atoms with Crippen LogP contribution < -0.4 is 10.5 Å². The van der Waals surface area contributed by atoms with Crippen LogP contribution in [0.25, 0.3) is 0 Å². The largest absolute Gasteiger partial charge is 0.454 e. The lowest BCUT2D eigenvalue weighted by atomic mass is 10.1. The molecule has 19 heavy (non-hydrogen) atoms. The molecule has 0 heterocycles. The summed E-state index contributed by atoms with van der Waals surface area (Å²) in [7, 11) is 0. The van der Waals surface area contributed by atoms with Crippen molar-refractivity contribution in [1.82, 2.24) is 0 Å². The van der Waals surface area contributed by atoms with Crippen molar-refractivity contribution in [3.8, 4) is 11.5 Å². The Morgan fingerprint density at radius 3 is 2.42 bits per heavy atom. The van der Waals surface area contributed by atoms with Gasteiger partial charge in [0.15, 0.2) is 11.6 Å². The summed E-state index contributed by atoms with van der Waals surface area (Å²) in [5.74, 6) is 0.329. The monoisotopic (exact) mass is 279 g/mol. The molecule has 0 aliphatic heterocycles. The second-order valence-corrected chi connectivity index (χ2v) is 4.93. The van der Waals surface area contributed by atoms with Crippen LogP contribution >= 0.6 is 11.6 Å². The molecule has 2 aromatic carbocycles. The highest BCUT2D eigenvalue weighted by Crippen LogP contribution is 2.30. The number of rotatable bonds is 3. The summed E-state index contributed by atoms with van der Waals surface area (Å²) in [6.07, 6.45) is 0. The van der Waals surface area contributed by atoms with Crippen molar-refractivity contribution < 1.29 is 9.13 Å². The molecule has 2 N–H and O–H groups in total. The first-order valence-corrected chi connectivity index (χ1v) is 6.34. The van der Waals surface area contributed by atoms with Crippen LogP contribution in [-0.2, 0) is 0 Å². The molecule has 1 atom stereocenters. The maximum absolute atomic E-state index is 13.9. The number of ether oxygens (including phenoxy) is 1. The second-order valence-electron chi connectivity index (χ2n) is 4.49. The van der Waals surface area contributed by atoms with Crippen LogP contribution in [-0.4, -0.2) is 0 Å². The minimum absolute atomic E-state index is 0.176. The van der Waals surface area contributed by atoms with E-state index < -0.39 is 5.82 Å².